The Bertz CT molecular complexity index is 855. The highest BCUT2D eigenvalue weighted by atomic mass is 16.4. The molecule has 0 radical (unpaired) electrons. The SMILES string of the molecule is CCCC=Cc1ccc(-c2cc(C3CCC(CCCCC)CC3)ccc2C(=O)O)cc1. The average Bonchev–Trinajstić information content (AvgIpc) is 2.80. The van der Waals surface area contributed by atoms with Crippen molar-refractivity contribution in [3.63, 3.8) is 0 Å². The molecule has 0 bridgehead atoms. The molecular formula is C29H38O2. The highest BCUT2D eigenvalue weighted by Crippen LogP contribution is 2.39. The van der Waals surface area contributed by atoms with Gasteiger partial charge >= 0.3 is 5.97 Å². The molecule has 1 N–H and O–H groups in total. The van der Waals surface area contributed by atoms with E-state index in [1.54, 1.807) is 0 Å². The van der Waals surface area contributed by atoms with Gasteiger partial charge in [-0.15, -0.1) is 0 Å². The summed E-state index contributed by atoms with van der Waals surface area (Å²) in [5.74, 6) is 0.585. The zero-order valence-corrected chi connectivity index (χ0v) is 19.3. The van der Waals surface area contributed by atoms with E-state index in [1.807, 2.05) is 6.07 Å². The number of hydrogen-bond donors (Lipinski definition) is 1. The Labute approximate surface area is 188 Å². The van der Waals surface area contributed by atoms with Gasteiger partial charge in [0, 0.05) is 0 Å². The fourth-order valence-corrected chi connectivity index (χ4v) is 4.87. The quantitative estimate of drug-likeness (QED) is 0.392. The first kappa shape index (κ1) is 23.3. The Morgan fingerprint density at radius 3 is 2.35 bits per heavy atom. The van der Waals surface area contributed by atoms with Crippen molar-refractivity contribution in [3.05, 3.63) is 65.2 Å². The van der Waals surface area contributed by atoms with Crippen LogP contribution in [0.3, 0.4) is 0 Å². The Balaban J connectivity index is 1.75. The van der Waals surface area contributed by atoms with Gasteiger partial charge in [0.1, 0.15) is 0 Å². The molecule has 0 aliphatic heterocycles. The summed E-state index contributed by atoms with van der Waals surface area (Å²) in [4.78, 5) is 11.9. The predicted molar refractivity (Wildman–Crippen MR) is 132 cm³/mol. The van der Waals surface area contributed by atoms with Crippen molar-refractivity contribution in [2.75, 3.05) is 0 Å². The number of rotatable bonds is 10. The molecule has 3 rings (SSSR count). The van der Waals surface area contributed by atoms with Gasteiger partial charge in [-0.2, -0.15) is 0 Å². The van der Waals surface area contributed by atoms with Crippen LogP contribution in [0.25, 0.3) is 17.2 Å². The van der Waals surface area contributed by atoms with E-state index in [2.05, 4.69) is 62.4 Å². The van der Waals surface area contributed by atoms with Crippen LogP contribution in [-0.4, -0.2) is 11.1 Å². The van der Waals surface area contributed by atoms with Crippen LogP contribution in [0.5, 0.6) is 0 Å². The molecule has 1 aliphatic rings. The van der Waals surface area contributed by atoms with E-state index in [9.17, 15) is 9.90 Å². The van der Waals surface area contributed by atoms with E-state index in [0.717, 1.165) is 35.4 Å². The van der Waals surface area contributed by atoms with Gasteiger partial charge in [-0.1, -0.05) is 94.5 Å². The molecule has 1 fully saturated rings. The number of carboxylic acid groups (broad SMARTS) is 1. The standard InChI is InChI=1S/C29H38O2/c1-3-5-7-9-22-11-15-24(16-12-22)26-19-20-27(29(30)31)28(21-26)25-17-13-23(14-18-25)10-8-6-4-2/h8,10,13-14,17-22,24H,3-7,9,11-12,15-16H2,1-2H3,(H,30,31). The van der Waals surface area contributed by atoms with Gasteiger partial charge in [0.05, 0.1) is 5.56 Å². The molecule has 0 heterocycles. The summed E-state index contributed by atoms with van der Waals surface area (Å²) in [6.07, 6.45) is 17.0. The molecule has 166 valence electrons. The number of carboxylic acids is 1. The summed E-state index contributed by atoms with van der Waals surface area (Å²) in [5.41, 5.74) is 4.69. The topological polar surface area (TPSA) is 37.3 Å². The number of aromatic carboxylic acids is 1. The Morgan fingerprint density at radius 1 is 0.968 bits per heavy atom. The third kappa shape index (κ3) is 6.56. The van der Waals surface area contributed by atoms with Gasteiger partial charge in [0.2, 0.25) is 0 Å². The summed E-state index contributed by atoms with van der Waals surface area (Å²) in [7, 11) is 0. The smallest absolute Gasteiger partial charge is 0.336 e. The highest BCUT2D eigenvalue weighted by molar-refractivity contribution is 5.96. The summed E-state index contributed by atoms with van der Waals surface area (Å²) >= 11 is 0. The molecule has 0 amide bonds. The third-order valence-electron chi connectivity index (χ3n) is 6.80. The fraction of sp³-hybridized carbons (Fsp3) is 0.483. The lowest BCUT2D eigenvalue weighted by atomic mass is 9.76. The lowest BCUT2D eigenvalue weighted by Gasteiger charge is -2.29. The van der Waals surface area contributed by atoms with Crippen LogP contribution in [0.4, 0.5) is 0 Å². The molecule has 1 saturated carbocycles. The minimum atomic E-state index is -0.854. The van der Waals surface area contributed by atoms with E-state index in [-0.39, 0.29) is 0 Å². The van der Waals surface area contributed by atoms with E-state index >= 15 is 0 Å². The normalized spacial score (nSPS) is 19.0. The van der Waals surface area contributed by atoms with Crippen LogP contribution in [0.1, 0.15) is 105 Å². The van der Waals surface area contributed by atoms with E-state index in [1.165, 1.54) is 56.9 Å². The lowest BCUT2D eigenvalue weighted by molar-refractivity contribution is 0.0697. The van der Waals surface area contributed by atoms with Gasteiger partial charge in [-0.3, -0.25) is 0 Å². The number of carbonyl (C=O) groups is 1. The first-order valence-electron chi connectivity index (χ1n) is 12.3. The second-order valence-corrected chi connectivity index (χ2v) is 9.14. The maximum Gasteiger partial charge on any atom is 0.336 e. The molecule has 2 aromatic rings. The van der Waals surface area contributed by atoms with Crippen molar-refractivity contribution in [2.45, 2.75) is 84.0 Å². The van der Waals surface area contributed by atoms with E-state index in [0.29, 0.717) is 11.5 Å². The predicted octanol–water partition coefficient (Wildman–Crippen LogP) is 8.72. The fourth-order valence-electron chi connectivity index (χ4n) is 4.87. The van der Waals surface area contributed by atoms with E-state index in [4.69, 9.17) is 0 Å². The first-order valence-corrected chi connectivity index (χ1v) is 12.3. The maximum absolute atomic E-state index is 11.9. The van der Waals surface area contributed by atoms with Crippen LogP contribution in [0, 0.1) is 5.92 Å². The molecular weight excluding hydrogens is 380 g/mol. The van der Waals surface area contributed by atoms with Crippen molar-refractivity contribution in [3.8, 4) is 11.1 Å². The van der Waals surface area contributed by atoms with Crippen molar-refractivity contribution in [1.29, 1.82) is 0 Å². The average molecular weight is 419 g/mol. The largest absolute Gasteiger partial charge is 0.478 e. The monoisotopic (exact) mass is 418 g/mol. The van der Waals surface area contributed by atoms with Crippen molar-refractivity contribution in [1.82, 2.24) is 0 Å². The minimum absolute atomic E-state index is 0.395. The molecule has 0 aromatic heterocycles. The lowest BCUT2D eigenvalue weighted by Crippen LogP contribution is -2.14. The Morgan fingerprint density at radius 2 is 1.71 bits per heavy atom. The third-order valence-corrected chi connectivity index (χ3v) is 6.80. The van der Waals surface area contributed by atoms with Gasteiger partial charge in [-0.25, -0.2) is 4.79 Å². The van der Waals surface area contributed by atoms with Gasteiger partial charge in [0.25, 0.3) is 0 Å². The zero-order chi connectivity index (χ0) is 22.1. The molecule has 0 spiro atoms. The van der Waals surface area contributed by atoms with Crippen LogP contribution >= 0.6 is 0 Å². The van der Waals surface area contributed by atoms with Crippen LogP contribution in [0.15, 0.2) is 48.5 Å². The Kier molecular flexibility index (Phi) is 8.94. The van der Waals surface area contributed by atoms with Crippen molar-refractivity contribution in [2.24, 2.45) is 5.92 Å². The number of hydrogen-bond acceptors (Lipinski definition) is 1. The number of allylic oxidation sites excluding steroid dienone is 1. The van der Waals surface area contributed by atoms with Crippen LogP contribution < -0.4 is 0 Å². The second-order valence-electron chi connectivity index (χ2n) is 9.14. The van der Waals surface area contributed by atoms with Gasteiger partial charge < -0.3 is 5.11 Å². The molecule has 2 heteroatoms. The number of benzene rings is 2. The minimum Gasteiger partial charge on any atom is -0.478 e. The van der Waals surface area contributed by atoms with Crippen LogP contribution in [0.2, 0.25) is 0 Å². The van der Waals surface area contributed by atoms with Gasteiger partial charge in [-0.05, 0) is 72.3 Å². The first-order chi connectivity index (χ1) is 15.1. The van der Waals surface area contributed by atoms with Crippen LogP contribution in [-0.2, 0) is 0 Å². The summed E-state index contributed by atoms with van der Waals surface area (Å²) in [5, 5.41) is 9.75. The molecule has 0 unspecified atom stereocenters. The Hall–Kier alpha value is -2.35. The zero-order valence-electron chi connectivity index (χ0n) is 19.3. The molecule has 2 aromatic carbocycles. The molecule has 2 nitrogen and oxygen atoms in total. The van der Waals surface area contributed by atoms with Gasteiger partial charge in [0.15, 0.2) is 0 Å². The second kappa shape index (κ2) is 11.9. The molecule has 31 heavy (non-hydrogen) atoms. The summed E-state index contributed by atoms with van der Waals surface area (Å²) < 4.78 is 0. The molecule has 1 aliphatic carbocycles. The van der Waals surface area contributed by atoms with E-state index < -0.39 is 5.97 Å². The molecule has 0 saturated heterocycles. The van der Waals surface area contributed by atoms with Crippen molar-refractivity contribution >= 4 is 12.0 Å². The highest BCUT2D eigenvalue weighted by Gasteiger charge is 2.23. The summed E-state index contributed by atoms with van der Waals surface area (Å²) in [6.45, 7) is 4.44. The maximum atomic E-state index is 11.9. The number of unbranched alkanes of at least 4 members (excludes halogenated alkanes) is 3. The molecule has 0 atom stereocenters. The van der Waals surface area contributed by atoms with Crippen molar-refractivity contribution < 1.29 is 9.90 Å². The summed E-state index contributed by atoms with van der Waals surface area (Å²) in [6, 6.07) is 14.3.